The normalized spacial score (nSPS) is 14.3. The molecule has 1 aliphatic heterocycles. The van der Waals surface area contributed by atoms with Crippen LogP contribution in [-0.2, 0) is 4.79 Å². The Labute approximate surface area is 169 Å². The van der Waals surface area contributed by atoms with Crippen molar-refractivity contribution < 1.29 is 18.8 Å². The van der Waals surface area contributed by atoms with Crippen molar-refractivity contribution in [2.45, 2.75) is 19.8 Å². The molecule has 0 spiro atoms. The highest BCUT2D eigenvalue weighted by Gasteiger charge is 2.28. The number of amides is 3. The Kier molecular flexibility index (Phi) is 6.59. The highest BCUT2D eigenvalue weighted by atomic mass is 19.1. The average Bonchev–Trinajstić information content (AvgIpc) is 2.74. The summed E-state index contributed by atoms with van der Waals surface area (Å²) in [6.07, 6.45) is 1.13. The van der Waals surface area contributed by atoms with E-state index < -0.39 is 0 Å². The molecular formula is C22H24FN3O3. The monoisotopic (exact) mass is 397 g/mol. The molecule has 1 saturated heterocycles. The van der Waals surface area contributed by atoms with Crippen LogP contribution in [-0.4, -0.2) is 42.3 Å². The predicted octanol–water partition coefficient (Wildman–Crippen LogP) is 3.07. The molecule has 0 saturated carbocycles. The molecule has 0 radical (unpaired) electrons. The highest BCUT2D eigenvalue weighted by Crippen LogP contribution is 2.21. The molecule has 2 aromatic rings. The molecule has 1 fully saturated rings. The van der Waals surface area contributed by atoms with Gasteiger partial charge < -0.3 is 15.5 Å². The number of anilines is 1. The first-order chi connectivity index (χ1) is 14.0. The molecule has 2 N–H and O–H groups in total. The zero-order valence-electron chi connectivity index (χ0n) is 16.3. The van der Waals surface area contributed by atoms with E-state index in [1.54, 1.807) is 29.2 Å². The number of nitrogens with one attached hydrogen (secondary N) is 2. The van der Waals surface area contributed by atoms with Gasteiger partial charge >= 0.3 is 0 Å². The van der Waals surface area contributed by atoms with Crippen molar-refractivity contribution in [2.75, 3.05) is 25.0 Å². The Morgan fingerprint density at radius 1 is 0.966 bits per heavy atom. The van der Waals surface area contributed by atoms with E-state index in [2.05, 4.69) is 10.6 Å². The van der Waals surface area contributed by atoms with Crippen molar-refractivity contribution in [3.8, 4) is 0 Å². The van der Waals surface area contributed by atoms with Gasteiger partial charge in [0.1, 0.15) is 5.82 Å². The first-order valence-corrected chi connectivity index (χ1v) is 9.72. The third-order valence-electron chi connectivity index (χ3n) is 5.00. The van der Waals surface area contributed by atoms with E-state index in [9.17, 15) is 18.8 Å². The largest absolute Gasteiger partial charge is 0.352 e. The molecule has 7 heteroatoms. The maximum Gasteiger partial charge on any atom is 0.253 e. The first-order valence-electron chi connectivity index (χ1n) is 9.72. The van der Waals surface area contributed by atoms with Gasteiger partial charge in [-0.25, -0.2) is 4.39 Å². The minimum atomic E-state index is -0.379. The van der Waals surface area contributed by atoms with E-state index in [1.165, 1.54) is 24.3 Å². The van der Waals surface area contributed by atoms with Gasteiger partial charge in [-0.05, 0) is 68.3 Å². The van der Waals surface area contributed by atoms with E-state index in [0.29, 0.717) is 49.3 Å². The SMILES string of the molecule is CCNC(=O)c1ccc(NC(=O)C2CCN(C(=O)c3ccc(F)cc3)CC2)cc1. The Morgan fingerprint density at radius 2 is 1.55 bits per heavy atom. The number of piperidine rings is 1. The molecule has 2 aromatic carbocycles. The van der Waals surface area contributed by atoms with Crippen LogP contribution in [0.25, 0.3) is 0 Å². The van der Waals surface area contributed by atoms with Gasteiger partial charge in [0.25, 0.3) is 11.8 Å². The van der Waals surface area contributed by atoms with Gasteiger partial charge in [-0.1, -0.05) is 0 Å². The molecular weight excluding hydrogens is 373 g/mol. The topological polar surface area (TPSA) is 78.5 Å². The fraction of sp³-hybridized carbons (Fsp3) is 0.318. The summed E-state index contributed by atoms with van der Waals surface area (Å²) < 4.78 is 13.0. The lowest BCUT2D eigenvalue weighted by Crippen LogP contribution is -2.41. The van der Waals surface area contributed by atoms with Crippen LogP contribution in [0.4, 0.5) is 10.1 Å². The van der Waals surface area contributed by atoms with Crippen molar-refractivity contribution in [1.82, 2.24) is 10.2 Å². The third-order valence-corrected chi connectivity index (χ3v) is 5.00. The van der Waals surface area contributed by atoms with Gasteiger partial charge in [0.05, 0.1) is 0 Å². The number of nitrogens with zero attached hydrogens (tertiary/aromatic N) is 1. The summed E-state index contributed by atoms with van der Waals surface area (Å²) in [5.41, 5.74) is 1.62. The number of hydrogen-bond donors (Lipinski definition) is 2. The zero-order valence-corrected chi connectivity index (χ0v) is 16.3. The lowest BCUT2D eigenvalue weighted by Gasteiger charge is -2.31. The molecule has 0 unspecified atom stereocenters. The number of rotatable bonds is 5. The van der Waals surface area contributed by atoms with Crippen LogP contribution in [0.2, 0.25) is 0 Å². The number of carbonyl (C=O) groups excluding carboxylic acids is 3. The van der Waals surface area contributed by atoms with Crippen molar-refractivity contribution in [3.63, 3.8) is 0 Å². The Morgan fingerprint density at radius 3 is 2.14 bits per heavy atom. The summed E-state index contributed by atoms with van der Waals surface area (Å²) in [6.45, 7) is 3.36. The van der Waals surface area contributed by atoms with Gasteiger partial charge in [0, 0.05) is 42.4 Å². The Hall–Kier alpha value is -3.22. The number of carbonyl (C=O) groups is 3. The van der Waals surface area contributed by atoms with E-state index in [4.69, 9.17) is 0 Å². The van der Waals surface area contributed by atoms with Crippen LogP contribution < -0.4 is 10.6 Å². The average molecular weight is 397 g/mol. The summed E-state index contributed by atoms with van der Waals surface area (Å²) >= 11 is 0. The smallest absolute Gasteiger partial charge is 0.253 e. The number of hydrogen-bond acceptors (Lipinski definition) is 3. The van der Waals surface area contributed by atoms with Gasteiger partial charge in [-0.3, -0.25) is 14.4 Å². The van der Waals surface area contributed by atoms with Gasteiger partial charge in [-0.2, -0.15) is 0 Å². The quantitative estimate of drug-likeness (QED) is 0.814. The van der Waals surface area contributed by atoms with E-state index in [1.807, 2.05) is 6.92 Å². The minimum Gasteiger partial charge on any atom is -0.352 e. The van der Waals surface area contributed by atoms with Gasteiger partial charge in [-0.15, -0.1) is 0 Å². The molecule has 1 aliphatic rings. The fourth-order valence-corrected chi connectivity index (χ4v) is 3.33. The van der Waals surface area contributed by atoms with Crippen LogP contribution in [0.1, 0.15) is 40.5 Å². The summed E-state index contributed by atoms with van der Waals surface area (Å²) in [6, 6.07) is 12.2. The van der Waals surface area contributed by atoms with Crippen molar-refractivity contribution in [1.29, 1.82) is 0 Å². The lowest BCUT2D eigenvalue weighted by atomic mass is 9.95. The lowest BCUT2D eigenvalue weighted by molar-refractivity contribution is -0.121. The summed E-state index contributed by atoms with van der Waals surface area (Å²) in [7, 11) is 0. The van der Waals surface area contributed by atoms with Crippen molar-refractivity contribution in [2.24, 2.45) is 5.92 Å². The van der Waals surface area contributed by atoms with Gasteiger partial charge in [0.2, 0.25) is 5.91 Å². The molecule has 152 valence electrons. The zero-order chi connectivity index (χ0) is 20.8. The van der Waals surface area contributed by atoms with Crippen LogP contribution in [0.15, 0.2) is 48.5 Å². The summed E-state index contributed by atoms with van der Waals surface area (Å²) in [5, 5.41) is 5.60. The van der Waals surface area contributed by atoms with Crippen molar-refractivity contribution >= 4 is 23.4 Å². The third kappa shape index (κ3) is 5.19. The second kappa shape index (κ2) is 9.32. The molecule has 0 atom stereocenters. The van der Waals surface area contributed by atoms with Crippen LogP contribution in [0.3, 0.4) is 0 Å². The first kappa shape index (κ1) is 20.5. The van der Waals surface area contributed by atoms with Crippen LogP contribution in [0, 0.1) is 11.7 Å². The summed E-state index contributed by atoms with van der Waals surface area (Å²) in [4.78, 5) is 38.5. The number of halogens is 1. The van der Waals surface area contributed by atoms with Crippen molar-refractivity contribution in [3.05, 3.63) is 65.5 Å². The maximum atomic E-state index is 13.0. The van der Waals surface area contributed by atoms with E-state index in [0.717, 1.165) is 0 Å². The van der Waals surface area contributed by atoms with E-state index in [-0.39, 0.29) is 29.5 Å². The van der Waals surface area contributed by atoms with E-state index >= 15 is 0 Å². The number of benzene rings is 2. The standard InChI is InChI=1S/C22H24FN3O3/c1-2-24-20(27)15-5-9-19(10-6-15)25-21(28)16-11-13-26(14-12-16)22(29)17-3-7-18(23)8-4-17/h3-10,16H,2,11-14H2,1H3,(H,24,27)(H,25,28). The number of likely N-dealkylation sites (tertiary alicyclic amines) is 1. The molecule has 29 heavy (non-hydrogen) atoms. The maximum absolute atomic E-state index is 13.0. The predicted molar refractivity (Wildman–Crippen MR) is 108 cm³/mol. The molecule has 1 heterocycles. The Bertz CT molecular complexity index is 873. The second-order valence-electron chi connectivity index (χ2n) is 7.00. The fourth-order valence-electron chi connectivity index (χ4n) is 3.33. The second-order valence-corrected chi connectivity index (χ2v) is 7.00. The molecule has 0 aliphatic carbocycles. The molecule has 3 amide bonds. The summed E-state index contributed by atoms with van der Waals surface area (Å²) in [5.74, 6) is -0.954. The minimum absolute atomic E-state index is 0.0929. The molecule has 0 bridgehead atoms. The molecule has 0 aromatic heterocycles. The van der Waals surface area contributed by atoms with Crippen LogP contribution in [0.5, 0.6) is 0 Å². The highest BCUT2D eigenvalue weighted by molar-refractivity contribution is 5.97. The van der Waals surface area contributed by atoms with Gasteiger partial charge in [0.15, 0.2) is 0 Å². The van der Waals surface area contributed by atoms with Crippen LogP contribution >= 0.6 is 0 Å². The Balaban J connectivity index is 1.51. The molecule has 3 rings (SSSR count). The molecule has 6 nitrogen and oxygen atoms in total.